The van der Waals surface area contributed by atoms with Crippen molar-refractivity contribution in [1.29, 1.82) is 0 Å². The zero-order valence-corrected chi connectivity index (χ0v) is 11.3. The zero-order valence-electron chi connectivity index (χ0n) is 11.3. The maximum atomic E-state index is 11.1. The summed E-state index contributed by atoms with van der Waals surface area (Å²) in [6, 6.07) is 5.05. The third-order valence-electron chi connectivity index (χ3n) is 2.55. The Labute approximate surface area is 113 Å². The maximum Gasteiger partial charge on any atom is 0.339 e. The van der Waals surface area contributed by atoms with Crippen molar-refractivity contribution in [2.75, 3.05) is 33.5 Å². The van der Waals surface area contributed by atoms with Crippen LogP contribution in [0.4, 0.5) is 0 Å². The van der Waals surface area contributed by atoms with E-state index in [0.717, 1.165) is 12.0 Å². The number of methoxy groups -OCH3 is 1. The Morgan fingerprint density at radius 1 is 1.21 bits per heavy atom. The van der Waals surface area contributed by atoms with Gasteiger partial charge in [0.05, 0.1) is 6.61 Å². The molecule has 106 valence electrons. The average molecular weight is 268 g/mol. The van der Waals surface area contributed by atoms with Gasteiger partial charge in [0.1, 0.15) is 17.9 Å². The van der Waals surface area contributed by atoms with Crippen LogP contribution in [0, 0.1) is 6.92 Å². The van der Waals surface area contributed by atoms with Gasteiger partial charge in [0.2, 0.25) is 0 Å². The maximum absolute atomic E-state index is 11.1. The number of ether oxygens (including phenoxy) is 3. The molecule has 0 aromatic heterocycles. The van der Waals surface area contributed by atoms with Gasteiger partial charge in [0, 0.05) is 20.3 Å². The molecule has 0 heterocycles. The highest BCUT2D eigenvalue weighted by atomic mass is 16.5. The molecule has 0 saturated heterocycles. The number of benzene rings is 1. The van der Waals surface area contributed by atoms with E-state index in [1.165, 1.54) is 6.07 Å². The van der Waals surface area contributed by atoms with E-state index in [-0.39, 0.29) is 5.56 Å². The fourth-order valence-electron chi connectivity index (χ4n) is 1.62. The number of carboxylic acid groups (broad SMARTS) is 1. The monoisotopic (exact) mass is 268 g/mol. The molecule has 0 atom stereocenters. The molecule has 19 heavy (non-hydrogen) atoms. The van der Waals surface area contributed by atoms with Gasteiger partial charge in [-0.3, -0.25) is 0 Å². The normalized spacial score (nSPS) is 10.4. The van der Waals surface area contributed by atoms with Gasteiger partial charge in [-0.15, -0.1) is 0 Å². The summed E-state index contributed by atoms with van der Waals surface area (Å²) in [5.74, 6) is -0.574. The molecule has 0 bridgehead atoms. The quantitative estimate of drug-likeness (QED) is 0.695. The molecule has 0 spiro atoms. The van der Waals surface area contributed by atoms with Gasteiger partial charge in [0.15, 0.2) is 0 Å². The molecule has 5 nitrogen and oxygen atoms in total. The third kappa shape index (κ3) is 5.28. The molecule has 1 aromatic rings. The molecule has 1 rings (SSSR count). The molecule has 0 amide bonds. The van der Waals surface area contributed by atoms with E-state index in [1.54, 1.807) is 13.2 Å². The third-order valence-corrected chi connectivity index (χ3v) is 2.55. The van der Waals surface area contributed by atoms with Crippen LogP contribution >= 0.6 is 0 Å². The minimum absolute atomic E-state index is 0.180. The van der Waals surface area contributed by atoms with E-state index in [0.29, 0.717) is 32.2 Å². The lowest BCUT2D eigenvalue weighted by atomic mass is 10.1. The van der Waals surface area contributed by atoms with Crippen LogP contribution in [-0.4, -0.2) is 44.6 Å². The van der Waals surface area contributed by atoms with Crippen molar-refractivity contribution < 1.29 is 24.1 Å². The van der Waals surface area contributed by atoms with Crippen LogP contribution in [0.3, 0.4) is 0 Å². The highest BCUT2D eigenvalue weighted by molar-refractivity contribution is 5.91. The molecular weight excluding hydrogens is 248 g/mol. The summed E-state index contributed by atoms with van der Waals surface area (Å²) >= 11 is 0. The summed E-state index contributed by atoms with van der Waals surface area (Å²) in [6.45, 7) is 3.86. The van der Waals surface area contributed by atoms with Gasteiger partial charge >= 0.3 is 5.97 Å². The SMILES string of the molecule is COCCCOCCOc1c(C)cccc1C(=O)O. The smallest absolute Gasteiger partial charge is 0.339 e. The number of hydrogen-bond acceptors (Lipinski definition) is 4. The van der Waals surface area contributed by atoms with E-state index in [2.05, 4.69) is 0 Å². The summed E-state index contributed by atoms with van der Waals surface area (Å²) in [6.07, 6.45) is 0.835. The molecule has 0 aliphatic carbocycles. The number of aromatic carboxylic acids is 1. The van der Waals surface area contributed by atoms with Gasteiger partial charge in [0.25, 0.3) is 0 Å². The number of carboxylic acids is 1. The molecule has 0 aliphatic heterocycles. The summed E-state index contributed by atoms with van der Waals surface area (Å²) in [5, 5.41) is 9.06. The van der Waals surface area contributed by atoms with Crippen LogP contribution in [-0.2, 0) is 9.47 Å². The van der Waals surface area contributed by atoms with Crippen molar-refractivity contribution in [1.82, 2.24) is 0 Å². The van der Waals surface area contributed by atoms with E-state index >= 15 is 0 Å². The Balaban J connectivity index is 2.38. The van der Waals surface area contributed by atoms with Gasteiger partial charge in [-0.2, -0.15) is 0 Å². The lowest BCUT2D eigenvalue weighted by Gasteiger charge is -2.12. The van der Waals surface area contributed by atoms with E-state index in [1.807, 2.05) is 13.0 Å². The average Bonchev–Trinajstić information content (AvgIpc) is 2.39. The van der Waals surface area contributed by atoms with Crippen molar-refractivity contribution >= 4 is 5.97 Å². The van der Waals surface area contributed by atoms with Crippen molar-refractivity contribution in [3.63, 3.8) is 0 Å². The van der Waals surface area contributed by atoms with Gasteiger partial charge in [-0.1, -0.05) is 12.1 Å². The van der Waals surface area contributed by atoms with Gasteiger partial charge < -0.3 is 19.3 Å². The Hall–Kier alpha value is -1.59. The molecule has 0 unspecified atom stereocenters. The number of para-hydroxylation sites is 1. The zero-order chi connectivity index (χ0) is 14.1. The standard InChI is InChI=1S/C14H20O5/c1-11-5-3-6-12(14(15)16)13(11)19-10-9-18-8-4-7-17-2/h3,5-6H,4,7-10H2,1-2H3,(H,15,16). The van der Waals surface area contributed by atoms with Gasteiger partial charge in [-0.25, -0.2) is 4.79 Å². The number of rotatable bonds is 9. The van der Waals surface area contributed by atoms with E-state index in [4.69, 9.17) is 19.3 Å². The van der Waals surface area contributed by atoms with E-state index in [9.17, 15) is 4.79 Å². The number of hydrogen-bond donors (Lipinski definition) is 1. The first-order chi connectivity index (χ1) is 9.16. The van der Waals surface area contributed by atoms with Crippen LogP contribution in [0.25, 0.3) is 0 Å². The van der Waals surface area contributed by atoms with Crippen LogP contribution in [0.15, 0.2) is 18.2 Å². The Kier molecular flexibility index (Phi) is 6.92. The summed E-state index contributed by atoms with van der Waals surface area (Å²) in [7, 11) is 1.65. The lowest BCUT2D eigenvalue weighted by molar-refractivity contribution is 0.0676. The summed E-state index contributed by atoms with van der Waals surface area (Å²) in [5.41, 5.74) is 0.985. The first-order valence-corrected chi connectivity index (χ1v) is 6.19. The van der Waals surface area contributed by atoms with Crippen molar-refractivity contribution in [3.8, 4) is 5.75 Å². The minimum Gasteiger partial charge on any atom is -0.490 e. The minimum atomic E-state index is -0.986. The van der Waals surface area contributed by atoms with Crippen molar-refractivity contribution in [2.45, 2.75) is 13.3 Å². The topological polar surface area (TPSA) is 65.0 Å². The molecular formula is C14H20O5. The van der Waals surface area contributed by atoms with Crippen molar-refractivity contribution in [2.24, 2.45) is 0 Å². The van der Waals surface area contributed by atoms with Crippen LogP contribution in [0.2, 0.25) is 0 Å². The van der Waals surface area contributed by atoms with Crippen LogP contribution in [0.5, 0.6) is 5.75 Å². The van der Waals surface area contributed by atoms with Crippen LogP contribution < -0.4 is 4.74 Å². The number of aryl methyl sites for hydroxylation is 1. The highest BCUT2D eigenvalue weighted by Crippen LogP contribution is 2.23. The largest absolute Gasteiger partial charge is 0.490 e. The molecule has 1 N–H and O–H groups in total. The lowest BCUT2D eigenvalue weighted by Crippen LogP contribution is -2.11. The fraction of sp³-hybridized carbons (Fsp3) is 0.500. The molecule has 0 fully saturated rings. The molecule has 1 aromatic carbocycles. The Bertz CT molecular complexity index is 403. The predicted molar refractivity (Wildman–Crippen MR) is 70.9 cm³/mol. The Morgan fingerprint density at radius 3 is 2.68 bits per heavy atom. The highest BCUT2D eigenvalue weighted by Gasteiger charge is 2.12. The summed E-state index contributed by atoms with van der Waals surface area (Å²) < 4.78 is 15.7. The van der Waals surface area contributed by atoms with Gasteiger partial charge in [-0.05, 0) is 25.0 Å². The second-order valence-corrected chi connectivity index (χ2v) is 4.06. The first kappa shape index (κ1) is 15.5. The molecule has 0 radical (unpaired) electrons. The predicted octanol–water partition coefficient (Wildman–Crippen LogP) is 2.13. The molecule has 0 aliphatic rings. The second-order valence-electron chi connectivity index (χ2n) is 4.06. The molecule has 5 heteroatoms. The Morgan fingerprint density at radius 2 is 2.00 bits per heavy atom. The fourth-order valence-corrected chi connectivity index (χ4v) is 1.62. The number of carbonyl (C=O) groups is 1. The molecule has 0 saturated carbocycles. The summed E-state index contributed by atoms with van der Waals surface area (Å²) in [4.78, 5) is 11.1. The van der Waals surface area contributed by atoms with E-state index < -0.39 is 5.97 Å². The van der Waals surface area contributed by atoms with Crippen molar-refractivity contribution in [3.05, 3.63) is 29.3 Å². The second kappa shape index (κ2) is 8.50. The van der Waals surface area contributed by atoms with Crippen LogP contribution in [0.1, 0.15) is 22.3 Å². The first-order valence-electron chi connectivity index (χ1n) is 6.19.